The van der Waals surface area contributed by atoms with Crippen molar-refractivity contribution in [3.05, 3.63) is 58.7 Å². The first kappa shape index (κ1) is 19.5. The maximum atomic E-state index is 6.70. The van der Waals surface area contributed by atoms with Crippen molar-refractivity contribution >= 4 is 0 Å². The monoisotopic (exact) mass is 339 g/mol. The lowest BCUT2D eigenvalue weighted by atomic mass is 9.75. The summed E-state index contributed by atoms with van der Waals surface area (Å²) in [4.78, 5) is 11.9. The molecule has 1 aliphatic heterocycles. The van der Waals surface area contributed by atoms with Crippen LogP contribution >= 0.6 is 0 Å². The van der Waals surface area contributed by atoms with Crippen LogP contribution in [0.3, 0.4) is 0 Å². The van der Waals surface area contributed by atoms with E-state index >= 15 is 0 Å². The Bertz CT molecular complexity index is 680. The molecule has 1 aliphatic carbocycles. The number of rotatable bonds is 2. The fourth-order valence-electron chi connectivity index (χ4n) is 3.85. The predicted octanol–water partition coefficient (Wildman–Crippen LogP) is 4.91. The molecule has 25 heavy (non-hydrogen) atoms. The molecule has 0 saturated heterocycles. The van der Waals surface area contributed by atoms with Crippen LogP contribution in [0.4, 0.5) is 0 Å². The second-order valence-corrected chi connectivity index (χ2v) is 6.87. The number of terminal acetylenes is 1. The van der Waals surface area contributed by atoms with Gasteiger partial charge in [0.05, 0.1) is 0 Å². The van der Waals surface area contributed by atoms with Crippen molar-refractivity contribution in [2.75, 3.05) is 0 Å². The largest absolute Gasteiger partial charge is 0.293 e. The Hall–Kier alpha value is -1.86. The Morgan fingerprint density at radius 1 is 1.08 bits per heavy atom. The van der Waals surface area contributed by atoms with Gasteiger partial charge in [-0.15, -0.1) is 12.8 Å². The molecule has 1 spiro atoms. The third-order valence-electron chi connectivity index (χ3n) is 5.26. The molecule has 1 saturated carbocycles. The fraction of sp³-hybridized carbons (Fsp3) is 0.455. The molecule has 1 fully saturated rings. The minimum Gasteiger partial charge on any atom is -0.293 e. The zero-order valence-electron chi connectivity index (χ0n) is 15.5. The van der Waals surface area contributed by atoms with Crippen molar-refractivity contribution < 1.29 is 9.78 Å². The Labute approximate surface area is 151 Å². The van der Waals surface area contributed by atoms with Gasteiger partial charge in [0.2, 0.25) is 5.72 Å². The minimum atomic E-state index is -1.05. The lowest BCUT2D eigenvalue weighted by Gasteiger charge is -2.46. The van der Waals surface area contributed by atoms with Gasteiger partial charge >= 0.3 is 0 Å². The van der Waals surface area contributed by atoms with E-state index in [-0.39, 0.29) is 5.60 Å². The molecule has 3 heteroatoms. The highest BCUT2D eigenvalue weighted by Crippen LogP contribution is 2.47. The van der Waals surface area contributed by atoms with Gasteiger partial charge in [-0.25, -0.2) is 9.78 Å². The quantitative estimate of drug-likeness (QED) is 0.615. The molecular formula is C22H29NO2. The molecule has 0 amide bonds. The van der Waals surface area contributed by atoms with Crippen molar-refractivity contribution in [3.8, 4) is 12.8 Å². The van der Waals surface area contributed by atoms with E-state index in [2.05, 4.69) is 44.9 Å². The number of hydrogen-bond acceptors (Lipinski definition) is 3. The molecule has 134 valence electrons. The van der Waals surface area contributed by atoms with Gasteiger partial charge in [0.15, 0.2) is 0 Å². The van der Waals surface area contributed by atoms with Crippen LogP contribution < -0.4 is 5.73 Å². The molecule has 0 bridgehead atoms. The third kappa shape index (κ3) is 3.57. The van der Waals surface area contributed by atoms with Crippen LogP contribution in [0.15, 0.2) is 47.6 Å². The van der Waals surface area contributed by atoms with Gasteiger partial charge in [0.25, 0.3) is 0 Å². The summed E-state index contributed by atoms with van der Waals surface area (Å²) in [6.45, 7) is 6.23. The zero-order valence-corrected chi connectivity index (χ0v) is 15.5. The molecule has 2 N–H and O–H groups in total. The first-order chi connectivity index (χ1) is 12.0. The molecule has 1 unspecified atom stereocenters. The van der Waals surface area contributed by atoms with Gasteiger partial charge in [-0.3, -0.25) is 5.73 Å². The maximum absolute atomic E-state index is 6.70. The van der Waals surface area contributed by atoms with Crippen LogP contribution in [0.1, 0.15) is 57.1 Å². The van der Waals surface area contributed by atoms with Crippen molar-refractivity contribution in [2.24, 2.45) is 5.73 Å². The standard InChI is InChI=1S/C20H27NO2.C2H2/c1-4-9-18-16(3)19(12-6-5-7-13-19)22-23-20(18,21)17-11-8-10-15(2)14-17;1-2/h4,8-11,14H,5-7,12-13,21H2,1-3H3;1-2H/b9-4-;. The van der Waals surface area contributed by atoms with Gasteiger partial charge in [-0.05, 0) is 39.2 Å². The summed E-state index contributed by atoms with van der Waals surface area (Å²) in [5, 5.41) is 0. The lowest BCUT2D eigenvalue weighted by Crippen LogP contribution is -2.52. The number of benzene rings is 1. The molecule has 3 nitrogen and oxygen atoms in total. The summed E-state index contributed by atoms with van der Waals surface area (Å²) < 4.78 is 0. The first-order valence-electron chi connectivity index (χ1n) is 8.92. The molecule has 1 heterocycles. The molecule has 3 rings (SSSR count). The molecule has 1 aromatic rings. The van der Waals surface area contributed by atoms with Gasteiger partial charge in [0, 0.05) is 11.1 Å². The van der Waals surface area contributed by atoms with Gasteiger partial charge in [-0.2, -0.15) is 0 Å². The van der Waals surface area contributed by atoms with Crippen LogP contribution in [-0.4, -0.2) is 5.60 Å². The highest BCUT2D eigenvalue weighted by atomic mass is 17.2. The van der Waals surface area contributed by atoms with Crippen LogP contribution in [-0.2, 0) is 15.5 Å². The smallest absolute Gasteiger partial charge is 0.203 e. The van der Waals surface area contributed by atoms with Crippen molar-refractivity contribution in [1.82, 2.24) is 0 Å². The van der Waals surface area contributed by atoms with Gasteiger partial charge in [-0.1, -0.05) is 61.2 Å². The summed E-state index contributed by atoms with van der Waals surface area (Å²) in [6, 6.07) is 8.15. The lowest BCUT2D eigenvalue weighted by molar-refractivity contribution is -0.415. The summed E-state index contributed by atoms with van der Waals surface area (Å²) >= 11 is 0. The zero-order chi connectivity index (χ0) is 18.5. The van der Waals surface area contributed by atoms with Gasteiger partial charge in [0.1, 0.15) is 5.60 Å². The second kappa shape index (κ2) is 8.01. The van der Waals surface area contributed by atoms with E-state index < -0.39 is 5.72 Å². The molecule has 0 radical (unpaired) electrons. The van der Waals surface area contributed by atoms with E-state index in [0.29, 0.717) is 0 Å². The Kier molecular flexibility index (Phi) is 6.24. The van der Waals surface area contributed by atoms with E-state index in [1.807, 2.05) is 25.1 Å². The summed E-state index contributed by atoms with van der Waals surface area (Å²) in [5.74, 6) is 0. The topological polar surface area (TPSA) is 44.5 Å². The van der Waals surface area contributed by atoms with Crippen molar-refractivity contribution in [3.63, 3.8) is 0 Å². The molecule has 1 atom stereocenters. The SMILES string of the molecule is C#C.C/C=C\C1=C(C)C2(CCCCC2)OOC1(N)c1cccc(C)c1. The summed E-state index contributed by atoms with van der Waals surface area (Å²) in [6.07, 6.45) is 17.7. The fourth-order valence-corrected chi connectivity index (χ4v) is 3.85. The average Bonchev–Trinajstić information content (AvgIpc) is 2.65. The van der Waals surface area contributed by atoms with E-state index in [0.717, 1.165) is 29.5 Å². The minimum absolute atomic E-state index is 0.306. The normalized spacial score (nSPS) is 25.7. The number of hydrogen-bond donors (Lipinski definition) is 1. The van der Waals surface area contributed by atoms with E-state index in [1.54, 1.807) is 0 Å². The first-order valence-corrected chi connectivity index (χ1v) is 8.92. The number of allylic oxidation sites excluding steroid dienone is 1. The average molecular weight is 339 g/mol. The van der Waals surface area contributed by atoms with Crippen molar-refractivity contribution in [1.29, 1.82) is 0 Å². The van der Waals surface area contributed by atoms with Crippen molar-refractivity contribution in [2.45, 2.75) is 64.2 Å². The second-order valence-electron chi connectivity index (χ2n) is 6.87. The molecule has 0 aromatic heterocycles. The van der Waals surface area contributed by atoms with Crippen LogP contribution in [0.5, 0.6) is 0 Å². The third-order valence-corrected chi connectivity index (χ3v) is 5.26. The van der Waals surface area contributed by atoms with Crippen LogP contribution in [0.2, 0.25) is 0 Å². The Balaban J connectivity index is 0.00000109. The predicted molar refractivity (Wildman–Crippen MR) is 102 cm³/mol. The Morgan fingerprint density at radius 3 is 2.36 bits per heavy atom. The van der Waals surface area contributed by atoms with E-state index in [4.69, 9.17) is 15.5 Å². The van der Waals surface area contributed by atoms with E-state index in [9.17, 15) is 0 Å². The van der Waals surface area contributed by atoms with Crippen LogP contribution in [0, 0.1) is 19.8 Å². The van der Waals surface area contributed by atoms with E-state index in [1.165, 1.54) is 24.8 Å². The number of nitrogens with two attached hydrogens (primary N) is 1. The number of aryl methyl sites for hydroxylation is 1. The summed E-state index contributed by atoms with van der Waals surface area (Å²) in [7, 11) is 0. The highest BCUT2D eigenvalue weighted by molar-refractivity contribution is 5.45. The summed E-state index contributed by atoms with van der Waals surface area (Å²) in [5.41, 5.74) is 9.67. The van der Waals surface area contributed by atoms with Crippen LogP contribution in [0.25, 0.3) is 0 Å². The molecule has 2 aliphatic rings. The van der Waals surface area contributed by atoms with Gasteiger partial charge < -0.3 is 0 Å². The molecule has 1 aromatic carbocycles. The molecular weight excluding hydrogens is 310 g/mol. The maximum Gasteiger partial charge on any atom is 0.203 e. The Morgan fingerprint density at radius 2 is 1.76 bits per heavy atom. The highest BCUT2D eigenvalue weighted by Gasteiger charge is 2.48.